The van der Waals surface area contributed by atoms with E-state index < -0.39 is 22.7 Å². The molecule has 6 heteroatoms. The fraction of sp³-hybridized carbons (Fsp3) is 0.379. The Morgan fingerprint density at radius 3 is 1.49 bits per heavy atom. The second kappa shape index (κ2) is 12.3. The van der Waals surface area contributed by atoms with E-state index in [0.29, 0.717) is 19.3 Å². The van der Waals surface area contributed by atoms with Crippen LogP contribution in [0.25, 0.3) is 0 Å². The van der Waals surface area contributed by atoms with Crippen molar-refractivity contribution < 1.29 is 18.9 Å². The van der Waals surface area contributed by atoms with Crippen molar-refractivity contribution >= 4 is 32.0 Å². The minimum Gasteiger partial charge on any atom is -0.382 e. The van der Waals surface area contributed by atoms with E-state index in [4.69, 9.17) is 18.9 Å². The summed E-state index contributed by atoms with van der Waals surface area (Å²) < 4.78 is 17.8. The van der Waals surface area contributed by atoms with E-state index in [1.165, 1.54) is 15.6 Å². The van der Waals surface area contributed by atoms with Gasteiger partial charge in [-0.2, -0.15) is 0 Å². The van der Waals surface area contributed by atoms with E-state index in [0.717, 1.165) is 0 Å². The van der Waals surface area contributed by atoms with Crippen molar-refractivity contribution in [3.63, 3.8) is 0 Å². The SMILES string of the molecule is COCCOC(C[Si](c1ccccc1)(c1ccccc1)c1ccccc1)OO[Si](C)(C)C(C)(C)C. The highest BCUT2D eigenvalue weighted by Gasteiger charge is 2.44. The predicted molar refractivity (Wildman–Crippen MR) is 150 cm³/mol. The molecular weight excluding hydrogens is 468 g/mol. The minimum absolute atomic E-state index is 0.0247. The van der Waals surface area contributed by atoms with Crippen LogP contribution in [-0.2, 0) is 18.9 Å². The number of hydrogen-bond acceptors (Lipinski definition) is 4. The molecule has 1 unspecified atom stereocenters. The Kier molecular flexibility index (Phi) is 9.64. The van der Waals surface area contributed by atoms with Gasteiger partial charge in [-0.05, 0) is 33.7 Å². The number of benzene rings is 3. The molecule has 188 valence electrons. The molecule has 0 aliphatic carbocycles. The fourth-order valence-corrected chi connectivity index (χ4v) is 9.23. The van der Waals surface area contributed by atoms with E-state index in [2.05, 4.69) is 125 Å². The van der Waals surface area contributed by atoms with E-state index >= 15 is 0 Å². The van der Waals surface area contributed by atoms with Gasteiger partial charge < -0.3 is 9.47 Å². The molecule has 0 radical (unpaired) electrons. The predicted octanol–water partition coefficient (Wildman–Crippen LogP) is 5.10. The molecule has 3 aromatic carbocycles. The van der Waals surface area contributed by atoms with E-state index in [1.54, 1.807) is 7.11 Å². The van der Waals surface area contributed by atoms with Crippen molar-refractivity contribution in [1.82, 2.24) is 0 Å². The standard InChI is InChI=1S/C29H40O4Si2/c1-29(2,3)34(5,6)33-32-28(31-23-22-30-4)24-35(25-16-10-7-11-17-25,26-18-12-8-13-19-26)27-20-14-9-15-21-27/h7-21,28H,22-24H2,1-6H3. The summed E-state index contributed by atoms with van der Waals surface area (Å²) in [5.41, 5.74) is 0. The van der Waals surface area contributed by atoms with E-state index in [-0.39, 0.29) is 5.04 Å². The summed E-state index contributed by atoms with van der Waals surface area (Å²) in [6, 6.07) is 33.1. The Balaban J connectivity index is 2.09. The molecule has 35 heavy (non-hydrogen) atoms. The van der Waals surface area contributed by atoms with Gasteiger partial charge >= 0.3 is 0 Å². The molecular formula is C29H40O4Si2. The van der Waals surface area contributed by atoms with Gasteiger partial charge in [-0.25, -0.2) is 4.89 Å². The van der Waals surface area contributed by atoms with Gasteiger partial charge in [-0.1, -0.05) is 112 Å². The average molecular weight is 509 g/mol. The lowest BCUT2D eigenvalue weighted by Crippen LogP contribution is -2.68. The first-order valence-corrected chi connectivity index (χ1v) is 17.4. The molecule has 0 aromatic heterocycles. The van der Waals surface area contributed by atoms with Crippen LogP contribution in [0.15, 0.2) is 91.0 Å². The molecule has 0 saturated heterocycles. The van der Waals surface area contributed by atoms with Crippen LogP contribution < -0.4 is 15.6 Å². The average Bonchev–Trinajstić information content (AvgIpc) is 2.86. The zero-order valence-corrected chi connectivity index (χ0v) is 24.0. The molecule has 4 nitrogen and oxygen atoms in total. The Morgan fingerprint density at radius 1 is 0.686 bits per heavy atom. The molecule has 0 amide bonds. The van der Waals surface area contributed by atoms with Crippen molar-refractivity contribution in [2.75, 3.05) is 20.3 Å². The second-order valence-corrected chi connectivity index (χ2v) is 19.1. The van der Waals surface area contributed by atoms with E-state index in [9.17, 15) is 0 Å². The third kappa shape index (κ3) is 6.79. The molecule has 0 aliphatic heterocycles. The fourth-order valence-electron chi connectivity index (χ4n) is 3.95. The topological polar surface area (TPSA) is 36.9 Å². The summed E-state index contributed by atoms with van der Waals surface area (Å²) in [6.45, 7) is 11.9. The van der Waals surface area contributed by atoms with Crippen LogP contribution in [0.4, 0.5) is 0 Å². The molecule has 3 rings (SSSR count). The van der Waals surface area contributed by atoms with Crippen LogP contribution in [0.3, 0.4) is 0 Å². The van der Waals surface area contributed by atoms with Crippen molar-refractivity contribution in [1.29, 1.82) is 0 Å². The summed E-state index contributed by atoms with van der Waals surface area (Å²) in [7, 11) is -3.01. The highest BCUT2D eigenvalue weighted by molar-refractivity contribution is 7.11. The second-order valence-electron chi connectivity index (χ2n) is 10.4. The first kappa shape index (κ1) is 27.5. The summed E-state index contributed by atoms with van der Waals surface area (Å²) in [4.78, 5) is 6.22. The monoisotopic (exact) mass is 508 g/mol. The van der Waals surface area contributed by atoms with Crippen molar-refractivity contribution in [3.8, 4) is 0 Å². The van der Waals surface area contributed by atoms with Crippen LogP contribution in [0.1, 0.15) is 20.8 Å². The van der Waals surface area contributed by atoms with Gasteiger partial charge in [0.1, 0.15) is 0 Å². The number of rotatable bonds is 12. The van der Waals surface area contributed by atoms with Gasteiger partial charge in [0.05, 0.1) is 13.2 Å². The van der Waals surface area contributed by atoms with Crippen LogP contribution >= 0.6 is 0 Å². The van der Waals surface area contributed by atoms with Crippen molar-refractivity contribution in [2.24, 2.45) is 0 Å². The Morgan fingerprint density at radius 2 is 1.11 bits per heavy atom. The van der Waals surface area contributed by atoms with Gasteiger partial charge in [0.15, 0.2) is 14.4 Å². The molecule has 1 atom stereocenters. The zero-order chi connectivity index (χ0) is 25.4. The molecule has 0 fully saturated rings. The van der Waals surface area contributed by atoms with Crippen LogP contribution in [-0.4, -0.2) is 43.0 Å². The first-order chi connectivity index (χ1) is 16.7. The summed E-state index contributed by atoms with van der Waals surface area (Å²) in [5, 5.41) is 3.97. The Hall–Kier alpha value is -2.07. The van der Waals surface area contributed by atoms with Gasteiger partial charge in [-0.15, -0.1) is 0 Å². The minimum atomic E-state index is -2.54. The lowest BCUT2D eigenvalue weighted by atomic mass is 10.2. The largest absolute Gasteiger partial charge is 0.382 e. The van der Waals surface area contributed by atoms with Gasteiger partial charge in [0, 0.05) is 13.2 Å². The first-order valence-electron chi connectivity index (χ1n) is 12.3. The third-order valence-corrected chi connectivity index (χ3v) is 16.1. The van der Waals surface area contributed by atoms with Crippen LogP contribution in [0, 0.1) is 0 Å². The van der Waals surface area contributed by atoms with Crippen molar-refractivity contribution in [2.45, 2.75) is 51.2 Å². The third-order valence-electron chi connectivity index (χ3n) is 7.03. The maximum atomic E-state index is 6.30. The maximum absolute atomic E-state index is 6.30. The Bertz CT molecular complexity index is 908. The number of hydrogen-bond donors (Lipinski definition) is 0. The molecule has 0 heterocycles. The van der Waals surface area contributed by atoms with Gasteiger partial charge in [0.25, 0.3) is 0 Å². The molecule has 0 bridgehead atoms. The quantitative estimate of drug-likeness (QED) is 0.0852. The molecule has 0 saturated carbocycles. The smallest absolute Gasteiger partial charge is 0.238 e. The van der Waals surface area contributed by atoms with Crippen molar-refractivity contribution in [3.05, 3.63) is 91.0 Å². The Labute approximate surface area is 213 Å². The van der Waals surface area contributed by atoms with Gasteiger partial charge in [0.2, 0.25) is 8.32 Å². The van der Waals surface area contributed by atoms with Gasteiger partial charge in [-0.3, -0.25) is 4.58 Å². The highest BCUT2D eigenvalue weighted by Crippen LogP contribution is 2.37. The lowest BCUT2D eigenvalue weighted by Gasteiger charge is -2.38. The normalized spacial score (nSPS) is 13.5. The zero-order valence-electron chi connectivity index (χ0n) is 22.0. The molecule has 0 N–H and O–H groups in total. The highest BCUT2D eigenvalue weighted by atomic mass is 28.4. The maximum Gasteiger partial charge on any atom is 0.238 e. The lowest BCUT2D eigenvalue weighted by molar-refractivity contribution is -0.323. The number of methoxy groups -OCH3 is 1. The summed E-state index contributed by atoms with van der Waals surface area (Å²) in [5.74, 6) is 0. The molecule has 0 spiro atoms. The number of ether oxygens (including phenoxy) is 2. The summed E-state index contributed by atoms with van der Waals surface area (Å²) in [6.07, 6.45) is -0.536. The molecule has 3 aromatic rings. The molecule has 0 aliphatic rings. The van der Waals surface area contributed by atoms with Crippen LogP contribution in [0.2, 0.25) is 24.2 Å². The van der Waals surface area contributed by atoms with E-state index in [1.807, 2.05) is 0 Å². The summed E-state index contributed by atoms with van der Waals surface area (Å²) >= 11 is 0. The van der Waals surface area contributed by atoms with Crippen LogP contribution in [0.5, 0.6) is 0 Å².